The van der Waals surface area contributed by atoms with Crippen molar-refractivity contribution in [2.75, 3.05) is 13.7 Å². The average molecular weight is 350 g/mol. The largest absolute Gasteiger partial charge is 0.445 e. The zero-order valence-corrected chi connectivity index (χ0v) is 14.8. The van der Waals surface area contributed by atoms with Crippen LogP contribution in [0.4, 0.5) is 4.79 Å². The summed E-state index contributed by atoms with van der Waals surface area (Å²) in [6.07, 6.45) is 1.34. The van der Waals surface area contributed by atoms with Crippen LogP contribution in [0.5, 0.6) is 0 Å². The van der Waals surface area contributed by atoms with Crippen molar-refractivity contribution in [1.29, 1.82) is 5.26 Å². The third kappa shape index (κ3) is 4.22. The SMILES string of the molecule is CO[C@@H]1CC[C@@H](c2ccc(C#N)cc2)N(C(=O)OCc2ccccc2)C1. The molecule has 0 unspecified atom stereocenters. The highest BCUT2D eigenvalue weighted by molar-refractivity contribution is 5.68. The van der Waals surface area contributed by atoms with E-state index in [0.29, 0.717) is 12.1 Å². The van der Waals surface area contributed by atoms with Crippen LogP contribution >= 0.6 is 0 Å². The van der Waals surface area contributed by atoms with Gasteiger partial charge in [-0.05, 0) is 36.1 Å². The van der Waals surface area contributed by atoms with E-state index >= 15 is 0 Å². The van der Waals surface area contributed by atoms with Crippen molar-refractivity contribution >= 4 is 6.09 Å². The minimum Gasteiger partial charge on any atom is -0.445 e. The first-order chi connectivity index (χ1) is 12.7. The van der Waals surface area contributed by atoms with E-state index in [1.807, 2.05) is 42.5 Å². The third-order valence-corrected chi connectivity index (χ3v) is 4.74. The first-order valence-corrected chi connectivity index (χ1v) is 8.71. The Hall–Kier alpha value is -2.84. The van der Waals surface area contributed by atoms with Crippen LogP contribution in [0, 0.1) is 11.3 Å². The number of hydrogen-bond donors (Lipinski definition) is 0. The molecule has 5 nitrogen and oxygen atoms in total. The summed E-state index contributed by atoms with van der Waals surface area (Å²) in [5.74, 6) is 0. The molecule has 1 amide bonds. The van der Waals surface area contributed by atoms with Gasteiger partial charge < -0.3 is 9.47 Å². The van der Waals surface area contributed by atoms with E-state index < -0.39 is 0 Å². The molecule has 2 aromatic carbocycles. The van der Waals surface area contributed by atoms with Crippen LogP contribution < -0.4 is 0 Å². The summed E-state index contributed by atoms with van der Waals surface area (Å²) in [4.78, 5) is 14.5. The van der Waals surface area contributed by atoms with Crippen LogP contribution in [0.25, 0.3) is 0 Å². The second kappa shape index (κ2) is 8.50. The molecule has 0 aromatic heterocycles. The molecule has 0 N–H and O–H groups in total. The molecule has 1 aliphatic heterocycles. The smallest absolute Gasteiger partial charge is 0.410 e. The van der Waals surface area contributed by atoms with E-state index in [1.165, 1.54) is 0 Å². The van der Waals surface area contributed by atoms with E-state index in [2.05, 4.69) is 6.07 Å². The van der Waals surface area contributed by atoms with Crippen LogP contribution in [0.3, 0.4) is 0 Å². The number of nitrogens with zero attached hydrogens (tertiary/aromatic N) is 2. The minimum atomic E-state index is -0.343. The normalized spacial score (nSPS) is 19.6. The Morgan fingerprint density at radius 3 is 2.54 bits per heavy atom. The van der Waals surface area contributed by atoms with E-state index in [9.17, 15) is 4.79 Å². The molecular weight excluding hydrogens is 328 g/mol. The lowest BCUT2D eigenvalue weighted by atomic mass is 9.93. The molecule has 134 valence electrons. The number of carbonyl (C=O) groups is 1. The van der Waals surface area contributed by atoms with Gasteiger partial charge >= 0.3 is 6.09 Å². The van der Waals surface area contributed by atoms with Gasteiger partial charge in [0.1, 0.15) is 6.61 Å². The van der Waals surface area contributed by atoms with Gasteiger partial charge in [0.2, 0.25) is 0 Å². The molecular formula is C21H22N2O3. The van der Waals surface area contributed by atoms with Gasteiger partial charge in [-0.3, -0.25) is 4.90 Å². The number of rotatable bonds is 4. The van der Waals surface area contributed by atoms with Crippen LogP contribution in [0.15, 0.2) is 54.6 Å². The van der Waals surface area contributed by atoms with E-state index in [4.69, 9.17) is 14.7 Å². The van der Waals surface area contributed by atoms with Gasteiger partial charge in [0.25, 0.3) is 0 Å². The third-order valence-electron chi connectivity index (χ3n) is 4.74. The predicted molar refractivity (Wildman–Crippen MR) is 97.3 cm³/mol. The number of benzene rings is 2. The fourth-order valence-electron chi connectivity index (χ4n) is 3.26. The van der Waals surface area contributed by atoms with Gasteiger partial charge in [-0.1, -0.05) is 42.5 Å². The summed E-state index contributed by atoms with van der Waals surface area (Å²) in [5.41, 5.74) is 2.57. The molecule has 1 heterocycles. The zero-order valence-electron chi connectivity index (χ0n) is 14.8. The summed E-state index contributed by atoms with van der Waals surface area (Å²) in [7, 11) is 1.67. The highest BCUT2D eigenvalue weighted by Gasteiger charge is 2.33. The van der Waals surface area contributed by atoms with Gasteiger partial charge in [-0.25, -0.2) is 4.79 Å². The maximum atomic E-state index is 12.7. The quantitative estimate of drug-likeness (QED) is 0.835. The summed E-state index contributed by atoms with van der Waals surface area (Å²) in [6, 6.07) is 19.1. The van der Waals surface area contributed by atoms with Crippen molar-refractivity contribution in [3.8, 4) is 6.07 Å². The second-order valence-corrected chi connectivity index (χ2v) is 6.38. The van der Waals surface area contributed by atoms with E-state index in [0.717, 1.165) is 24.0 Å². The van der Waals surface area contributed by atoms with Gasteiger partial charge in [-0.2, -0.15) is 5.26 Å². The Morgan fingerprint density at radius 2 is 1.88 bits per heavy atom. The van der Waals surface area contributed by atoms with Gasteiger partial charge in [0.15, 0.2) is 0 Å². The molecule has 1 saturated heterocycles. The van der Waals surface area contributed by atoms with Crippen LogP contribution in [-0.2, 0) is 16.1 Å². The highest BCUT2D eigenvalue weighted by Crippen LogP contribution is 2.32. The number of amides is 1. The molecule has 0 radical (unpaired) electrons. The summed E-state index contributed by atoms with van der Waals surface area (Å²) in [6.45, 7) is 0.739. The number of piperidine rings is 1. The van der Waals surface area contributed by atoms with Crippen molar-refractivity contribution in [3.63, 3.8) is 0 Å². The van der Waals surface area contributed by atoms with Gasteiger partial charge in [0.05, 0.1) is 30.3 Å². The molecule has 2 aromatic rings. The molecule has 0 saturated carbocycles. The molecule has 0 bridgehead atoms. The molecule has 3 rings (SSSR count). The maximum Gasteiger partial charge on any atom is 0.410 e. The Morgan fingerprint density at radius 1 is 1.15 bits per heavy atom. The van der Waals surface area contributed by atoms with Crippen molar-refractivity contribution in [1.82, 2.24) is 4.90 Å². The lowest BCUT2D eigenvalue weighted by Crippen LogP contribution is -2.45. The number of nitriles is 1. The highest BCUT2D eigenvalue weighted by atomic mass is 16.6. The lowest BCUT2D eigenvalue weighted by Gasteiger charge is -2.38. The monoisotopic (exact) mass is 350 g/mol. The Kier molecular flexibility index (Phi) is 5.88. The number of ether oxygens (including phenoxy) is 2. The number of likely N-dealkylation sites (tertiary alicyclic amines) is 1. The fraction of sp³-hybridized carbons (Fsp3) is 0.333. The van der Waals surface area contributed by atoms with Crippen molar-refractivity contribution < 1.29 is 14.3 Å². The minimum absolute atomic E-state index is 0.00825. The Labute approximate surface area is 153 Å². The van der Waals surface area contributed by atoms with Crippen LogP contribution in [-0.4, -0.2) is 30.8 Å². The Balaban J connectivity index is 1.74. The standard InChI is InChI=1S/C21H22N2O3/c1-25-19-11-12-20(18-9-7-16(13-22)8-10-18)23(14-19)21(24)26-15-17-5-3-2-4-6-17/h2-10,19-20H,11-12,14-15H2,1H3/t19-,20+/m1/s1. The van der Waals surface area contributed by atoms with Crippen molar-refractivity contribution in [3.05, 3.63) is 71.3 Å². The second-order valence-electron chi connectivity index (χ2n) is 6.38. The summed E-state index contributed by atoms with van der Waals surface area (Å²) >= 11 is 0. The number of carbonyl (C=O) groups excluding carboxylic acids is 1. The van der Waals surface area contributed by atoms with E-state index in [-0.39, 0.29) is 24.8 Å². The molecule has 2 atom stereocenters. The van der Waals surface area contributed by atoms with Gasteiger partial charge in [0, 0.05) is 7.11 Å². The molecule has 0 spiro atoms. The molecule has 26 heavy (non-hydrogen) atoms. The number of methoxy groups -OCH3 is 1. The first kappa shape index (κ1) is 18.0. The van der Waals surface area contributed by atoms with Gasteiger partial charge in [-0.15, -0.1) is 0 Å². The van der Waals surface area contributed by atoms with Crippen molar-refractivity contribution in [2.24, 2.45) is 0 Å². The average Bonchev–Trinajstić information content (AvgIpc) is 2.72. The summed E-state index contributed by atoms with van der Waals surface area (Å²) < 4.78 is 11.0. The van der Waals surface area contributed by atoms with Crippen LogP contribution in [0.2, 0.25) is 0 Å². The molecule has 0 aliphatic carbocycles. The summed E-state index contributed by atoms with van der Waals surface area (Å²) in [5, 5.41) is 8.97. The van der Waals surface area contributed by atoms with Crippen LogP contribution in [0.1, 0.15) is 35.6 Å². The predicted octanol–water partition coefficient (Wildman–Crippen LogP) is 4.05. The van der Waals surface area contributed by atoms with Crippen molar-refractivity contribution in [2.45, 2.75) is 31.6 Å². The molecule has 5 heteroatoms. The molecule has 1 aliphatic rings. The lowest BCUT2D eigenvalue weighted by molar-refractivity contribution is -0.000640. The maximum absolute atomic E-state index is 12.7. The number of hydrogen-bond acceptors (Lipinski definition) is 4. The molecule has 1 fully saturated rings. The first-order valence-electron chi connectivity index (χ1n) is 8.71. The Bertz CT molecular complexity index is 768. The zero-order chi connectivity index (χ0) is 18.4. The van der Waals surface area contributed by atoms with E-state index in [1.54, 1.807) is 24.1 Å². The topological polar surface area (TPSA) is 62.6 Å². The fourth-order valence-corrected chi connectivity index (χ4v) is 3.26.